The van der Waals surface area contributed by atoms with Crippen LogP contribution in [0.25, 0.3) is 0 Å². The van der Waals surface area contributed by atoms with Gasteiger partial charge in [0.1, 0.15) is 0 Å². The van der Waals surface area contributed by atoms with E-state index in [0.29, 0.717) is 0 Å². The van der Waals surface area contributed by atoms with Crippen molar-refractivity contribution in [3.63, 3.8) is 0 Å². The Morgan fingerprint density at radius 1 is 1.05 bits per heavy atom. The van der Waals surface area contributed by atoms with Crippen LogP contribution >= 0.6 is 0 Å². The first-order valence-electron chi connectivity index (χ1n) is 7.93. The van der Waals surface area contributed by atoms with Gasteiger partial charge in [0, 0.05) is 25.2 Å². The average molecular weight is 258 g/mol. The predicted octanol–water partition coefficient (Wildman–Crippen LogP) is 2.84. The zero-order valence-electron chi connectivity index (χ0n) is 11.9. The van der Waals surface area contributed by atoms with Crippen LogP contribution in [-0.4, -0.2) is 36.6 Å². The minimum absolute atomic E-state index is 0.741. The van der Waals surface area contributed by atoms with E-state index >= 15 is 0 Å². The molecule has 2 fully saturated rings. The lowest BCUT2D eigenvalue weighted by Gasteiger charge is -2.30. The highest BCUT2D eigenvalue weighted by atomic mass is 15.2. The molecule has 1 saturated carbocycles. The second-order valence-electron chi connectivity index (χ2n) is 6.11. The van der Waals surface area contributed by atoms with Crippen molar-refractivity contribution in [2.24, 2.45) is 0 Å². The highest BCUT2D eigenvalue weighted by Gasteiger charge is 2.30. The Hall–Kier alpha value is -0.860. The topological polar surface area (TPSA) is 15.3 Å². The van der Waals surface area contributed by atoms with Gasteiger partial charge in [0.2, 0.25) is 0 Å². The van der Waals surface area contributed by atoms with E-state index in [1.807, 2.05) is 0 Å². The fourth-order valence-electron chi connectivity index (χ4n) is 3.14. The third-order valence-corrected chi connectivity index (χ3v) is 4.46. The summed E-state index contributed by atoms with van der Waals surface area (Å²) < 4.78 is 0. The fourth-order valence-corrected chi connectivity index (χ4v) is 3.14. The van der Waals surface area contributed by atoms with E-state index in [9.17, 15) is 0 Å². The van der Waals surface area contributed by atoms with Crippen LogP contribution in [0, 0.1) is 0 Å². The number of rotatable bonds is 6. The number of piperidine rings is 1. The molecule has 3 rings (SSSR count). The number of benzene rings is 1. The summed E-state index contributed by atoms with van der Waals surface area (Å²) in [4.78, 5) is 2.73. The summed E-state index contributed by atoms with van der Waals surface area (Å²) in [7, 11) is 0. The summed E-state index contributed by atoms with van der Waals surface area (Å²) >= 11 is 0. The molecule has 0 spiro atoms. The maximum absolute atomic E-state index is 3.69. The van der Waals surface area contributed by atoms with Crippen molar-refractivity contribution in [1.82, 2.24) is 10.2 Å². The molecule has 0 amide bonds. The molecule has 1 aliphatic carbocycles. The molecule has 2 nitrogen and oxygen atoms in total. The Bertz CT molecular complexity index is 366. The normalized spacial score (nSPS) is 23.7. The Morgan fingerprint density at radius 3 is 2.58 bits per heavy atom. The van der Waals surface area contributed by atoms with E-state index in [4.69, 9.17) is 0 Å². The van der Waals surface area contributed by atoms with Crippen LogP contribution < -0.4 is 5.32 Å². The van der Waals surface area contributed by atoms with Gasteiger partial charge >= 0.3 is 0 Å². The van der Waals surface area contributed by atoms with Crippen molar-refractivity contribution in [3.8, 4) is 0 Å². The lowest BCUT2D eigenvalue weighted by molar-refractivity contribution is 0.218. The monoisotopic (exact) mass is 258 g/mol. The number of hydrogen-bond acceptors (Lipinski definition) is 2. The van der Waals surface area contributed by atoms with Crippen LogP contribution in [0.3, 0.4) is 0 Å². The first-order valence-corrected chi connectivity index (χ1v) is 7.93. The van der Waals surface area contributed by atoms with Gasteiger partial charge in [-0.05, 0) is 44.2 Å². The van der Waals surface area contributed by atoms with Gasteiger partial charge < -0.3 is 5.32 Å². The molecule has 1 N–H and O–H groups in total. The molecule has 2 heteroatoms. The zero-order chi connectivity index (χ0) is 12.9. The first-order chi connectivity index (χ1) is 9.42. The largest absolute Gasteiger partial charge is 0.313 e. The van der Waals surface area contributed by atoms with Crippen LogP contribution in [0.15, 0.2) is 30.3 Å². The molecular weight excluding hydrogens is 232 g/mol. The smallest absolute Gasteiger partial charge is 0.0195 e. The van der Waals surface area contributed by atoms with Crippen molar-refractivity contribution in [2.75, 3.05) is 19.6 Å². The molecule has 2 aliphatic rings. The van der Waals surface area contributed by atoms with Crippen molar-refractivity contribution in [2.45, 2.75) is 50.6 Å². The first kappa shape index (κ1) is 13.1. The van der Waals surface area contributed by atoms with Gasteiger partial charge in [0.15, 0.2) is 0 Å². The van der Waals surface area contributed by atoms with E-state index in [1.54, 1.807) is 0 Å². The molecule has 1 aromatic rings. The van der Waals surface area contributed by atoms with E-state index in [2.05, 4.69) is 40.5 Å². The molecule has 1 unspecified atom stereocenters. The fraction of sp³-hybridized carbons (Fsp3) is 0.647. The molecule has 1 atom stereocenters. The van der Waals surface area contributed by atoms with Crippen molar-refractivity contribution in [3.05, 3.63) is 35.9 Å². The number of nitrogens with zero attached hydrogens (tertiary/aromatic N) is 1. The minimum Gasteiger partial charge on any atom is -0.313 e. The third kappa shape index (κ3) is 4.05. The Morgan fingerprint density at radius 2 is 1.89 bits per heavy atom. The van der Waals surface area contributed by atoms with Gasteiger partial charge in [0.05, 0.1) is 0 Å². The van der Waals surface area contributed by atoms with Crippen LogP contribution in [0.1, 0.15) is 37.7 Å². The van der Waals surface area contributed by atoms with Gasteiger partial charge in [-0.2, -0.15) is 0 Å². The number of hydrogen-bond donors (Lipinski definition) is 1. The summed E-state index contributed by atoms with van der Waals surface area (Å²) in [5.74, 6) is 0. The van der Waals surface area contributed by atoms with E-state index < -0.39 is 0 Å². The van der Waals surface area contributed by atoms with Gasteiger partial charge in [-0.3, -0.25) is 4.90 Å². The molecule has 1 aromatic carbocycles. The Labute approximate surface area is 117 Å². The molecule has 0 bridgehead atoms. The van der Waals surface area contributed by atoms with E-state index in [-0.39, 0.29) is 0 Å². The standard InChI is InChI=1S/C17H26N2/c1-2-6-15(7-3-1)11-13-19(17-9-10-17)14-16-8-4-5-12-18-16/h1-3,6-7,16-18H,4-5,8-14H2. The molecule has 0 aromatic heterocycles. The minimum atomic E-state index is 0.741. The summed E-state index contributed by atoms with van der Waals surface area (Å²) in [6.07, 6.45) is 8.18. The average Bonchev–Trinajstić information content (AvgIpc) is 3.30. The lowest BCUT2D eigenvalue weighted by Crippen LogP contribution is -2.45. The SMILES string of the molecule is c1ccc(CCN(CC2CCCCN2)C2CC2)cc1. The summed E-state index contributed by atoms with van der Waals surface area (Å²) in [6.45, 7) is 3.71. The highest BCUT2D eigenvalue weighted by Crippen LogP contribution is 2.27. The molecule has 104 valence electrons. The molecule has 19 heavy (non-hydrogen) atoms. The quantitative estimate of drug-likeness (QED) is 0.844. The second kappa shape index (κ2) is 6.53. The molecule has 1 heterocycles. The Kier molecular flexibility index (Phi) is 4.52. The molecule has 1 saturated heterocycles. The van der Waals surface area contributed by atoms with Crippen molar-refractivity contribution in [1.29, 1.82) is 0 Å². The third-order valence-electron chi connectivity index (χ3n) is 4.46. The predicted molar refractivity (Wildman–Crippen MR) is 80.4 cm³/mol. The van der Waals surface area contributed by atoms with E-state index in [0.717, 1.165) is 12.1 Å². The van der Waals surface area contributed by atoms with Crippen molar-refractivity contribution >= 4 is 0 Å². The summed E-state index contributed by atoms with van der Waals surface area (Å²) in [6, 6.07) is 12.5. The molecule has 0 radical (unpaired) electrons. The summed E-state index contributed by atoms with van der Waals surface area (Å²) in [5.41, 5.74) is 1.48. The van der Waals surface area contributed by atoms with Gasteiger partial charge in [0.25, 0.3) is 0 Å². The molecular formula is C17H26N2. The van der Waals surface area contributed by atoms with Gasteiger partial charge in [-0.25, -0.2) is 0 Å². The Balaban J connectivity index is 1.49. The van der Waals surface area contributed by atoms with Crippen LogP contribution in [0.4, 0.5) is 0 Å². The maximum atomic E-state index is 3.69. The summed E-state index contributed by atoms with van der Waals surface area (Å²) in [5, 5.41) is 3.69. The van der Waals surface area contributed by atoms with Gasteiger partial charge in [-0.1, -0.05) is 36.8 Å². The number of nitrogens with one attached hydrogen (secondary N) is 1. The zero-order valence-corrected chi connectivity index (χ0v) is 11.9. The van der Waals surface area contributed by atoms with Crippen LogP contribution in [-0.2, 0) is 6.42 Å². The highest BCUT2D eigenvalue weighted by molar-refractivity contribution is 5.15. The van der Waals surface area contributed by atoms with E-state index in [1.165, 1.54) is 63.7 Å². The van der Waals surface area contributed by atoms with Crippen LogP contribution in [0.2, 0.25) is 0 Å². The maximum Gasteiger partial charge on any atom is 0.0195 e. The lowest BCUT2D eigenvalue weighted by atomic mass is 10.0. The van der Waals surface area contributed by atoms with Crippen LogP contribution in [0.5, 0.6) is 0 Å². The second-order valence-corrected chi connectivity index (χ2v) is 6.11. The molecule has 1 aliphatic heterocycles. The van der Waals surface area contributed by atoms with Crippen molar-refractivity contribution < 1.29 is 0 Å². The van der Waals surface area contributed by atoms with Gasteiger partial charge in [-0.15, -0.1) is 0 Å².